The Bertz CT molecular complexity index is 557. The van der Waals surface area contributed by atoms with E-state index in [-0.39, 0.29) is 29.9 Å². The number of rotatable bonds is 9. The minimum atomic E-state index is -0.168. The van der Waals surface area contributed by atoms with Crippen LogP contribution in [0.5, 0.6) is 0 Å². The van der Waals surface area contributed by atoms with Crippen LogP contribution in [0.2, 0.25) is 10.0 Å². The first-order valence-electron chi connectivity index (χ1n) is 8.02. The molecule has 0 heterocycles. The van der Waals surface area contributed by atoms with Crippen molar-refractivity contribution in [2.75, 3.05) is 27.2 Å². The maximum atomic E-state index is 11.0. The zero-order valence-electron chi connectivity index (χ0n) is 14.6. The lowest BCUT2D eigenvalue weighted by Crippen LogP contribution is -2.38. The van der Waals surface area contributed by atoms with Gasteiger partial charge in [0.2, 0.25) is 0 Å². The van der Waals surface area contributed by atoms with Crippen molar-refractivity contribution in [3.05, 3.63) is 33.8 Å². The molecule has 0 fully saturated rings. The van der Waals surface area contributed by atoms with Crippen molar-refractivity contribution in [1.82, 2.24) is 10.6 Å². The molecule has 0 aliphatic heterocycles. The van der Waals surface area contributed by atoms with Gasteiger partial charge in [-0.25, -0.2) is 0 Å². The minimum Gasteiger partial charge on any atom is -0.469 e. The fraction of sp³-hybridized carbons (Fsp3) is 0.529. The number of aliphatic imine (C=N–C) groups is 1. The van der Waals surface area contributed by atoms with Crippen LogP contribution in [0.25, 0.3) is 0 Å². The average molecular weight is 502 g/mol. The molecule has 2 N–H and O–H groups in total. The number of hydrogen-bond acceptors (Lipinski definition) is 3. The summed E-state index contributed by atoms with van der Waals surface area (Å²) < 4.78 is 4.60. The molecule has 0 aliphatic carbocycles. The number of unbranched alkanes of at least 4 members (excludes halogenated alkanes) is 1. The molecule has 0 aromatic heterocycles. The van der Waals surface area contributed by atoms with Crippen LogP contribution in [0.1, 0.15) is 31.2 Å². The molecule has 0 saturated carbocycles. The number of benzene rings is 1. The molecule has 0 spiro atoms. The molecular formula is C17H26Cl2IN3O2. The van der Waals surface area contributed by atoms with E-state index in [0.29, 0.717) is 16.5 Å². The summed E-state index contributed by atoms with van der Waals surface area (Å²) in [6, 6.07) is 5.57. The molecule has 1 aromatic rings. The number of guanidine groups is 1. The van der Waals surface area contributed by atoms with E-state index in [4.69, 9.17) is 23.2 Å². The molecule has 1 rings (SSSR count). The topological polar surface area (TPSA) is 62.7 Å². The number of nitrogens with zero attached hydrogens (tertiary/aromatic N) is 1. The van der Waals surface area contributed by atoms with E-state index in [0.717, 1.165) is 50.3 Å². The second kappa shape index (κ2) is 14.4. The number of halogens is 3. The van der Waals surface area contributed by atoms with Crippen LogP contribution in [-0.4, -0.2) is 39.2 Å². The van der Waals surface area contributed by atoms with Gasteiger partial charge in [0.05, 0.1) is 7.11 Å². The summed E-state index contributed by atoms with van der Waals surface area (Å²) in [4.78, 5) is 15.2. The van der Waals surface area contributed by atoms with Gasteiger partial charge in [-0.05, 0) is 43.4 Å². The number of nitrogens with one attached hydrogen (secondary N) is 2. The van der Waals surface area contributed by atoms with Crippen molar-refractivity contribution in [1.29, 1.82) is 0 Å². The molecule has 8 heteroatoms. The third kappa shape index (κ3) is 10.8. The Hall–Kier alpha value is -0.730. The van der Waals surface area contributed by atoms with Gasteiger partial charge in [-0.2, -0.15) is 0 Å². The Morgan fingerprint density at radius 3 is 2.44 bits per heavy atom. The summed E-state index contributed by atoms with van der Waals surface area (Å²) in [5, 5.41) is 7.84. The van der Waals surface area contributed by atoms with E-state index in [9.17, 15) is 4.79 Å². The molecular weight excluding hydrogens is 476 g/mol. The van der Waals surface area contributed by atoms with Crippen LogP contribution in [0.4, 0.5) is 0 Å². The molecule has 0 atom stereocenters. The van der Waals surface area contributed by atoms with E-state index < -0.39 is 0 Å². The molecule has 0 saturated heterocycles. The molecule has 0 unspecified atom stereocenters. The SMILES string of the molecule is CN=C(NCCCCC(=O)OC)NCCCc1ccc(Cl)cc1Cl.I. The van der Waals surface area contributed by atoms with E-state index in [2.05, 4.69) is 20.4 Å². The van der Waals surface area contributed by atoms with Gasteiger partial charge in [0, 0.05) is 36.6 Å². The van der Waals surface area contributed by atoms with Gasteiger partial charge in [-0.3, -0.25) is 9.79 Å². The van der Waals surface area contributed by atoms with Crippen LogP contribution in [-0.2, 0) is 16.0 Å². The number of aryl methyl sites for hydroxylation is 1. The van der Waals surface area contributed by atoms with Crippen LogP contribution in [0, 0.1) is 0 Å². The monoisotopic (exact) mass is 501 g/mol. The number of carbonyl (C=O) groups excluding carboxylic acids is 1. The van der Waals surface area contributed by atoms with Gasteiger partial charge in [-0.1, -0.05) is 29.3 Å². The largest absolute Gasteiger partial charge is 0.469 e. The minimum absolute atomic E-state index is 0. The zero-order chi connectivity index (χ0) is 17.8. The first-order valence-corrected chi connectivity index (χ1v) is 8.77. The van der Waals surface area contributed by atoms with Gasteiger partial charge in [0.25, 0.3) is 0 Å². The lowest BCUT2D eigenvalue weighted by molar-refractivity contribution is -0.140. The van der Waals surface area contributed by atoms with Gasteiger partial charge in [0.1, 0.15) is 0 Å². The maximum absolute atomic E-state index is 11.0. The molecule has 142 valence electrons. The first-order chi connectivity index (χ1) is 11.6. The highest BCUT2D eigenvalue weighted by Crippen LogP contribution is 2.21. The Morgan fingerprint density at radius 2 is 1.84 bits per heavy atom. The summed E-state index contributed by atoms with van der Waals surface area (Å²) in [5.74, 6) is 0.591. The molecule has 5 nitrogen and oxygen atoms in total. The second-order valence-corrected chi connectivity index (χ2v) is 6.14. The molecule has 25 heavy (non-hydrogen) atoms. The van der Waals surface area contributed by atoms with Gasteiger partial charge < -0.3 is 15.4 Å². The lowest BCUT2D eigenvalue weighted by Gasteiger charge is -2.12. The summed E-state index contributed by atoms with van der Waals surface area (Å²) in [5.41, 5.74) is 1.09. The van der Waals surface area contributed by atoms with Crippen molar-refractivity contribution in [2.24, 2.45) is 4.99 Å². The second-order valence-electron chi connectivity index (χ2n) is 5.30. The van der Waals surface area contributed by atoms with Crippen molar-refractivity contribution in [3.8, 4) is 0 Å². The molecule has 1 aromatic carbocycles. The molecule has 0 radical (unpaired) electrons. The Morgan fingerprint density at radius 1 is 1.16 bits per heavy atom. The lowest BCUT2D eigenvalue weighted by atomic mass is 10.1. The van der Waals surface area contributed by atoms with E-state index >= 15 is 0 Å². The summed E-state index contributed by atoms with van der Waals surface area (Å²) in [7, 11) is 3.14. The van der Waals surface area contributed by atoms with Crippen molar-refractivity contribution in [2.45, 2.75) is 32.1 Å². The van der Waals surface area contributed by atoms with Gasteiger partial charge in [-0.15, -0.1) is 24.0 Å². The summed E-state index contributed by atoms with van der Waals surface area (Å²) in [6.07, 6.45) is 3.94. The van der Waals surface area contributed by atoms with Gasteiger partial charge >= 0.3 is 5.97 Å². The smallest absolute Gasteiger partial charge is 0.305 e. The highest BCUT2D eigenvalue weighted by molar-refractivity contribution is 14.0. The standard InChI is InChI=1S/C17H25Cl2N3O2.HI/c1-20-17(21-10-4-3-7-16(23)24-2)22-11-5-6-13-8-9-14(18)12-15(13)19;/h8-9,12H,3-7,10-11H2,1-2H3,(H2,20,21,22);1H. The van der Waals surface area contributed by atoms with E-state index in [1.807, 2.05) is 12.1 Å². The highest BCUT2D eigenvalue weighted by Gasteiger charge is 2.03. The van der Waals surface area contributed by atoms with E-state index in [1.54, 1.807) is 13.1 Å². The fourth-order valence-electron chi connectivity index (χ4n) is 2.13. The third-order valence-electron chi connectivity index (χ3n) is 3.48. The number of carbonyl (C=O) groups is 1. The van der Waals surface area contributed by atoms with Crippen LogP contribution >= 0.6 is 47.2 Å². The third-order valence-corrected chi connectivity index (χ3v) is 4.07. The van der Waals surface area contributed by atoms with Crippen molar-refractivity contribution < 1.29 is 9.53 Å². The molecule has 0 amide bonds. The number of esters is 1. The zero-order valence-corrected chi connectivity index (χ0v) is 18.5. The number of ether oxygens (including phenoxy) is 1. The van der Waals surface area contributed by atoms with Crippen molar-refractivity contribution >= 4 is 59.1 Å². The molecule has 0 aliphatic rings. The Kier molecular flexibility index (Phi) is 14.0. The average Bonchev–Trinajstić information content (AvgIpc) is 2.57. The quantitative estimate of drug-likeness (QED) is 0.176. The predicted molar refractivity (Wildman–Crippen MR) is 115 cm³/mol. The predicted octanol–water partition coefficient (Wildman–Crippen LogP) is 4.05. The fourth-order valence-corrected chi connectivity index (χ4v) is 2.64. The summed E-state index contributed by atoms with van der Waals surface area (Å²) in [6.45, 7) is 1.56. The van der Waals surface area contributed by atoms with Crippen LogP contribution in [0.3, 0.4) is 0 Å². The maximum Gasteiger partial charge on any atom is 0.305 e. The van der Waals surface area contributed by atoms with Crippen LogP contribution < -0.4 is 10.6 Å². The number of hydrogen-bond donors (Lipinski definition) is 2. The summed E-state index contributed by atoms with van der Waals surface area (Å²) >= 11 is 12.0. The van der Waals surface area contributed by atoms with Gasteiger partial charge in [0.15, 0.2) is 5.96 Å². The van der Waals surface area contributed by atoms with Crippen molar-refractivity contribution in [3.63, 3.8) is 0 Å². The number of methoxy groups -OCH3 is 1. The highest BCUT2D eigenvalue weighted by atomic mass is 127. The normalized spacial score (nSPS) is 10.8. The molecule has 0 bridgehead atoms. The first kappa shape index (κ1) is 24.3. The van der Waals surface area contributed by atoms with Crippen LogP contribution in [0.15, 0.2) is 23.2 Å². The van der Waals surface area contributed by atoms with E-state index in [1.165, 1.54) is 7.11 Å². The Balaban J connectivity index is 0.00000576. The Labute approximate surface area is 176 Å².